The van der Waals surface area contributed by atoms with Gasteiger partial charge in [0.15, 0.2) is 0 Å². The van der Waals surface area contributed by atoms with Gasteiger partial charge < -0.3 is 4.74 Å². The normalized spacial score (nSPS) is 18.3. The van der Waals surface area contributed by atoms with E-state index in [1.807, 2.05) is 12.1 Å². The molecule has 1 heterocycles. The molecule has 0 saturated carbocycles. The minimum atomic E-state index is -3.80. The second-order valence-corrected chi connectivity index (χ2v) is 7.74. The van der Waals surface area contributed by atoms with E-state index in [0.717, 1.165) is 44.7 Å². The van der Waals surface area contributed by atoms with E-state index >= 15 is 0 Å². The molecule has 1 fully saturated rings. The molecular weight excluding hydrogens is 326 g/mol. The summed E-state index contributed by atoms with van der Waals surface area (Å²) in [6.07, 6.45) is 2.71. The molecule has 134 valence electrons. The smallest absolute Gasteiger partial charge is 0.241 e. The maximum atomic E-state index is 11.7. The number of primary sulfonamides is 1. The van der Waals surface area contributed by atoms with Gasteiger partial charge in [-0.15, -0.1) is 6.58 Å². The van der Waals surface area contributed by atoms with Crippen LogP contribution in [0.5, 0.6) is 5.75 Å². The molecule has 1 atom stereocenters. The highest BCUT2D eigenvalue weighted by atomic mass is 32.2. The number of hydrogen-bond acceptors (Lipinski definition) is 5. The molecule has 0 amide bonds. The standard InChI is InChI=1S/C17H27N3O3S/c1-4-7-19-8-10-20(11-9-19)14(2)12-15-5-6-16(23-3)17(13-15)24(18,21)22/h4-6,13-14H,1,7-12H2,2-3H3,(H2,18,21,22)/t14-/m1/s1. The van der Waals surface area contributed by atoms with Gasteiger partial charge in [-0.2, -0.15) is 0 Å². The molecule has 1 aliphatic rings. The lowest BCUT2D eigenvalue weighted by Gasteiger charge is -2.37. The molecule has 24 heavy (non-hydrogen) atoms. The summed E-state index contributed by atoms with van der Waals surface area (Å²) in [5.74, 6) is 0.284. The topological polar surface area (TPSA) is 75.9 Å². The molecule has 0 radical (unpaired) electrons. The molecule has 2 rings (SSSR count). The van der Waals surface area contributed by atoms with Crippen LogP contribution in [-0.4, -0.2) is 64.1 Å². The van der Waals surface area contributed by atoms with Gasteiger partial charge in [-0.25, -0.2) is 13.6 Å². The summed E-state index contributed by atoms with van der Waals surface area (Å²) in [5.41, 5.74) is 0.945. The Labute approximate surface area is 144 Å². The zero-order valence-corrected chi connectivity index (χ0v) is 15.3. The van der Waals surface area contributed by atoms with E-state index in [-0.39, 0.29) is 10.6 Å². The summed E-state index contributed by atoms with van der Waals surface area (Å²) < 4.78 is 28.5. The SMILES string of the molecule is C=CCN1CCN([C@H](C)Cc2ccc(OC)c(S(N)(=O)=O)c2)CC1. The van der Waals surface area contributed by atoms with Crippen molar-refractivity contribution in [1.82, 2.24) is 9.80 Å². The average molecular weight is 353 g/mol. The van der Waals surface area contributed by atoms with Crippen molar-refractivity contribution in [3.8, 4) is 5.75 Å². The average Bonchev–Trinajstić information content (AvgIpc) is 2.55. The number of benzene rings is 1. The molecule has 7 heteroatoms. The van der Waals surface area contributed by atoms with Crippen LogP contribution >= 0.6 is 0 Å². The van der Waals surface area contributed by atoms with Crippen molar-refractivity contribution in [2.75, 3.05) is 39.8 Å². The predicted octanol–water partition coefficient (Wildman–Crippen LogP) is 1.08. The third kappa shape index (κ3) is 4.80. The van der Waals surface area contributed by atoms with Crippen molar-refractivity contribution in [3.63, 3.8) is 0 Å². The van der Waals surface area contributed by atoms with Crippen LogP contribution in [0.25, 0.3) is 0 Å². The predicted molar refractivity (Wildman–Crippen MR) is 95.7 cm³/mol. The van der Waals surface area contributed by atoms with Crippen molar-refractivity contribution in [3.05, 3.63) is 36.4 Å². The van der Waals surface area contributed by atoms with E-state index in [1.165, 1.54) is 7.11 Å². The van der Waals surface area contributed by atoms with Gasteiger partial charge in [-0.3, -0.25) is 9.80 Å². The Bertz CT molecular complexity index is 668. The number of hydrogen-bond donors (Lipinski definition) is 1. The zero-order chi connectivity index (χ0) is 17.7. The van der Waals surface area contributed by atoms with Crippen LogP contribution < -0.4 is 9.88 Å². The number of methoxy groups -OCH3 is 1. The van der Waals surface area contributed by atoms with E-state index in [4.69, 9.17) is 9.88 Å². The Kier molecular flexibility index (Phi) is 6.40. The summed E-state index contributed by atoms with van der Waals surface area (Å²) in [7, 11) is -2.36. The molecule has 2 N–H and O–H groups in total. The van der Waals surface area contributed by atoms with Gasteiger partial charge in [-0.1, -0.05) is 12.1 Å². The Morgan fingerprint density at radius 1 is 1.33 bits per heavy atom. The molecule has 0 aliphatic carbocycles. The van der Waals surface area contributed by atoms with Crippen LogP contribution in [0.2, 0.25) is 0 Å². The van der Waals surface area contributed by atoms with Gasteiger partial charge in [0, 0.05) is 38.8 Å². The van der Waals surface area contributed by atoms with Gasteiger partial charge in [0.1, 0.15) is 10.6 Å². The molecule has 0 bridgehead atoms. The Morgan fingerprint density at radius 2 is 2.00 bits per heavy atom. The number of piperazine rings is 1. The number of sulfonamides is 1. The summed E-state index contributed by atoms with van der Waals surface area (Å²) >= 11 is 0. The van der Waals surface area contributed by atoms with Gasteiger partial charge in [-0.05, 0) is 31.0 Å². The van der Waals surface area contributed by atoms with Gasteiger partial charge >= 0.3 is 0 Å². The largest absolute Gasteiger partial charge is 0.495 e. The van der Waals surface area contributed by atoms with E-state index < -0.39 is 10.0 Å². The second kappa shape index (κ2) is 8.11. The van der Waals surface area contributed by atoms with Crippen molar-refractivity contribution in [2.45, 2.75) is 24.3 Å². The molecular formula is C17H27N3O3S. The molecule has 1 aromatic rings. The van der Waals surface area contributed by atoms with Gasteiger partial charge in [0.2, 0.25) is 10.0 Å². The first kappa shape index (κ1) is 18.9. The minimum absolute atomic E-state index is 0.0468. The quantitative estimate of drug-likeness (QED) is 0.742. The highest BCUT2D eigenvalue weighted by Gasteiger charge is 2.22. The van der Waals surface area contributed by atoms with Crippen LogP contribution in [0.15, 0.2) is 35.7 Å². The summed E-state index contributed by atoms with van der Waals surface area (Å²) in [5, 5.41) is 5.29. The lowest BCUT2D eigenvalue weighted by atomic mass is 10.0. The summed E-state index contributed by atoms with van der Waals surface area (Å²) in [6, 6.07) is 5.53. The lowest BCUT2D eigenvalue weighted by molar-refractivity contribution is 0.110. The van der Waals surface area contributed by atoms with E-state index in [2.05, 4.69) is 23.3 Å². The second-order valence-electron chi connectivity index (χ2n) is 6.21. The highest BCUT2D eigenvalue weighted by molar-refractivity contribution is 7.89. The molecule has 0 aromatic heterocycles. The monoisotopic (exact) mass is 353 g/mol. The van der Waals surface area contributed by atoms with Crippen LogP contribution in [0.3, 0.4) is 0 Å². The summed E-state index contributed by atoms with van der Waals surface area (Å²) in [4.78, 5) is 4.86. The molecule has 1 aromatic carbocycles. The van der Waals surface area contributed by atoms with Crippen molar-refractivity contribution >= 4 is 10.0 Å². The molecule has 6 nitrogen and oxygen atoms in total. The Morgan fingerprint density at radius 3 is 2.54 bits per heavy atom. The van der Waals surface area contributed by atoms with Crippen LogP contribution in [-0.2, 0) is 16.4 Å². The molecule has 1 aliphatic heterocycles. The lowest BCUT2D eigenvalue weighted by Crippen LogP contribution is -2.50. The number of nitrogens with two attached hydrogens (primary N) is 1. The maximum Gasteiger partial charge on any atom is 0.241 e. The van der Waals surface area contributed by atoms with E-state index in [9.17, 15) is 8.42 Å². The van der Waals surface area contributed by atoms with Crippen LogP contribution in [0.4, 0.5) is 0 Å². The fraction of sp³-hybridized carbons (Fsp3) is 0.529. The van der Waals surface area contributed by atoms with Crippen LogP contribution in [0, 0.1) is 0 Å². The summed E-state index contributed by atoms with van der Waals surface area (Å²) in [6.45, 7) is 11.0. The van der Waals surface area contributed by atoms with E-state index in [1.54, 1.807) is 12.1 Å². The first-order chi connectivity index (χ1) is 11.3. The third-order valence-corrected chi connectivity index (χ3v) is 5.42. The first-order valence-corrected chi connectivity index (χ1v) is 9.66. The minimum Gasteiger partial charge on any atom is -0.495 e. The maximum absolute atomic E-state index is 11.7. The molecule has 0 spiro atoms. The van der Waals surface area contributed by atoms with E-state index in [0.29, 0.717) is 6.04 Å². The fourth-order valence-electron chi connectivity index (χ4n) is 3.11. The highest BCUT2D eigenvalue weighted by Crippen LogP contribution is 2.25. The zero-order valence-electron chi connectivity index (χ0n) is 14.4. The third-order valence-electron chi connectivity index (χ3n) is 4.48. The van der Waals surface area contributed by atoms with Gasteiger partial charge in [0.05, 0.1) is 7.11 Å². The van der Waals surface area contributed by atoms with Crippen molar-refractivity contribution < 1.29 is 13.2 Å². The van der Waals surface area contributed by atoms with Gasteiger partial charge in [0.25, 0.3) is 0 Å². The number of rotatable bonds is 7. The van der Waals surface area contributed by atoms with Crippen molar-refractivity contribution in [1.29, 1.82) is 0 Å². The van der Waals surface area contributed by atoms with Crippen molar-refractivity contribution in [2.24, 2.45) is 5.14 Å². The Hall–Kier alpha value is -1.41. The number of nitrogens with zero attached hydrogens (tertiary/aromatic N) is 2. The first-order valence-electron chi connectivity index (χ1n) is 8.12. The number of ether oxygens (including phenoxy) is 1. The Balaban J connectivity index is 2.04. The van der Waals surface area contributed by atoms with Crippen LogP contribution in [0.1, 0.15) is 12.5 Å². The molecule has 1 saturated heterocycles. The molecule has 0 unspecified atom stereocenters. The fourth-order valence-corrected chi connectivity index (χ4v) is 3.86.